The van der Waals surface area contributed by atoms with Crippen molar-refractivity contribution in [3.8, 4) is 28.5 Å². The Bertz CT molecular complexity index is 1210. The van der Waals surface area contributed by atoms with E-state index in [4.69, 9.17) is 19.2 Å². The van der Waals surface area contributed by atoms with Crippen molar-refractivity contribution in [3.05, 3.63) is 89.8 Å². The molecule has 1 amide bonds. The quantitative estimate of drug-likeness (QED) is 0.305. The van der Waals surface area contributed by atoms with E-state index in [-0.39, 0.29) is 12.5 Å². The van der Waals surface area contributed by atoms with Crippen LogP contribution in [0.15, 0.2) is 84.2 Å². The molecule has 3 aromatic carbocycles. The molecule has 0 spiro atoms. The van der Waals surface area contributed by atoms with E-state index in [1.165, 1.54) is 11.3 Å². The van der Waals surface area contributed by atoms with E-state index in [1.54, 1.807) is 19.1 Å². The van der Waals surface area contributed by atoms with Gasteiger partial charge in [0, 0.05) is 17.5 Å². The Hall–Kier alpha value is -3.84. The van der Waals surface area contributed by atoms with Gasteiger partial charge in [-0.25, -0.2) is 4.98 Å². The molecule has 0 radical (unpaired) electrons. The van der Waals surface area contributed by atoms with Gasteiger partial charge in [-0.05, 0) is 42.3 Å². The van der Waals surface area contributed by atoms with Crippen LogP contribution < -0.4 is 19.1 Å². The van der Waals surface area contributed by atoms with Gasteiger partial charge in [-0.2, -0.15) is 0 Å². The van der Waals surface area contributed by atoms with Crippen molar-refractivity contribution < 1.29 is 19.0 Å². The summed E-state index contributed by atoms with van der Waals surface area (Å²) in [5.74, 6) is 1.89. The molecule has 1 aromatic heterocycles. The molecule has 0 saturated heterocycles. The Morgan fingerprint density at radius 2 is 1.65 bits per heavy atom. The first-order valence-corrected chi connectivity index (χ1v) is 11.8. The number of thiazole rings is 1. The molecule has 0 saturated carbocycles. The fraction of sp³-hybridized carbons (Fsp3) is 0.185. The van der Waals surface area contributed by atoms with E-state index >= 15 is 0 Å². The highest BCUT2D eigenvalue weighted by molar-refractivity contribution is 7.14. The Morgan fingerprint density at radius 1 is 0.912 bits per heavy atom. The summed E-state index contributed by atoms with van der Waals surface area (Å²) in [5, 5.41) is 2.53. The second kappa shape index (κ2) is 11.3. The Kier molecular flexibility index (Phi) is 7.78. The minimum Gasteiger partial charge on any atom is -0.497 e. The number of benzene rings is 3. The molecule has 4 rings (SSSR count). The number of hydrogen-bond acceptors (Lipinski definition) is 6. The van der Waals surface area contributed by atoms with Crippen LogP contribution in [0.4, 0.5) is 5.13 Å². The third kappa shape index (κ3) is 5.74. The number of hydrogen-bond donors (Lipinski definition) is 0. The summed E-state index contributed by atoms with van der Waals surface area (Å²) in [6.07, 6.45) is 0.704. The van der Waals surface area contributed by atoms with Gasteiger partial charge in [0.15, 0.2) is 11.7 Å². The largest absolute Gasteiger partial charge is 0.497 e. The third-order valence-corrected chi connectivity index (χ3v) is 6.14. The van der Waals surface area contributed by atoms with Gasteiger partial charge in [-0.15, -0.1) is 11.3 Å². The van der Waals surface area contributed by atoms with Crippen LogP contribution in [0.5, 0.6) is 17.2 Å². The molecule has 6 nitrogen and oxygen atoms in total. The molecule has 1 heterocycles. The maximum absolute atomic E-state index is 13.2. The minimum atomic E-state index is -0.154. The highest BCUT2D eigenvalue weighted by Gasteiger charge is 2.21. The topological polar surface area (TPSA) is 60.9 Å². The van der Waals surface area contributed by atoms with Crippen molar-refractivity contribution in [2.75, 3.05) is 32.3 Å². The van der Waals surface area contributed by atoms with Crippen LogP contribution in [0.1, 0.15) is 5.56 Å². The number of aromatic nitrogens is 1. The van der Waals surface area contributed by atoms with E-state index in [0.717, 1.165) is 16.8 Å². The predicted molar refractivity (Wildman–Crippen MR) is 135 cm³/mol. The normalized spacial score (nSPS) is 10.5. The number of amides is 1. The Morgan fingerprint density at radius 3 is 2.35 bits per heavy atom. The number of carbonyl (C=O) groups excluding carboxylic acids is 1. The molecule has 4 aromatic rings. The molecule has 0 fully saturated rings. The van der Waals surface area contributed by atoms with Crippen LogP contribution in [0.3, 0.4) is 0 Å². The smallest absolute Gasteiger partial charge is 0.266 e. The fourth-order valence-electron chi connectivity index (χ4n) is 3.48. The molecule has 0 bridgehead atoms. The summed E-state index contributed by atoms with van der Waals surface area (Å²) < 4.78 is 16.6. The first-order valence-electron chi connectivity index (χ1n) is 10.9. The second-order valence-corrected chi connectivity index (χ2v) is 8.30. The molecule has 0 atom stereocenters. The first kappa shape index (κ1) is 23.3. The molecule has 7 heteroatoms. The van der Waals surface area contributed by atoms with Gasteiger partial charge in [0.25, 0.3) is 5.91 Å². The lowest BCUT2D eigenvalue weighted by atomic mass is 10.1. The molecule has 0 aliphatic heterocycles. The van der Waals surface area contributed by atoms with Crippen molar-refractivity contribution >= 4 is 22.4 Å². The van der Waals surface area contributed by atoms with E-state index in [9.17, 15) is 4.79 Å². The van der Waals surface area contributed by atoms with E-state index in [2.05, 4.69) is 12.1 Å². The van der Waals surface area contributed by atoms with E-state index < -0.39 is 0 Å². The minimum absolute atomic E-state index is 0.0732. The van der Waals surface area contributed by atoms with Crippen molar-refractivity contribution in [2.24, 2.45) is 0 Å². The molecular formula is C27H26N2O4S. The lowest BCUT2D eigenvalue weighted by Crippen LogP contribution is -2.36. The maximum Gasteiger partial charge on any atom is 0.266 e. The number of para-hydroxylation sites is 1. The molecule has 0 aliphatic carbocycles. The molecule has 34 heavy (non-hydrogen) atoms. The first-order chi connectivity index (χ1) is 16.7. The summed E-state index contributed by atoms with van der Waals surface area (Å²) in [4.78, 5) is 19.7. The monoisotopic (exact) mass is 474 g/mol. The second-order valence-electron chi connectivity index (χ2n) is 7.46. The van der Waals surface area contributed by atoms with E-state index in [0.29, 0.717) is 35.3 Å². The molecule has 174 valence electrons. The highest BCUT2D eigenvalue weighted by Crippen LogP contribution is 2.36. The van der Waals surface area contributed by atoms with Crippen LogP contribution in [-0.4, -0.2) is 38.3 Å². The predicted octanol–water partition coefficient (Wildman–Crippen LogP) is 5.48. The highest BCUT2D eigenvalue weighted by atomic mass is 32.1. The third-order valence-electron chi connectivity index (χ3n) is 5.28. The van der Waals surface area contributed by atoms with Crippen LogP contribution in [0.25, 0.3) is 11.3 Å². The molecule has 0 aliphatic rings. The van der Waals surface area contributed by atoms with Gasteiger partial charge < -0.3 is 14.2 Å². The molecular weight excluding hydrogens is 448 g/mol. The van der Waals surface area contributed by atoms with Crippen molar-refractivity contribution in [2.45, 2.75) is 6.42 Å². The SMILES string of the molecule is COc1ccc(OC)c(-c2csc(N(CCc3ccccc3)C(=O)COc3ccccc3)n2)c1. The van der Waals surface area contributed by atoms with Gasteiger partial charge in [0.1, 0.15) is 17.2 Å². The van der Waals surface area contributed by atoms with Crippen LogP contribution in [0, 0.1) is 0 Å². The summed E-state index contributed by atoms with van der Waals surface area (Å²) in [5.41, 5.74) is 2.67. The number of nitrogens with zero attached hydrogens (tertiary/aromatic N) is 2. The Labute approximate surface area is 203 Å². The average molecular weight is 475 g/mol. The standard InChI is InChI=1S/C27H26N2O4S/c1-31-22-13-14-25(32-2)23(17-22)24-19-34-27(28-24)29(16-15-20-9-5-3-6-10-20)26(30)18-33-21-11-7-4-8-12-21/h3-14,17,19H,15-16,18H2,1-2H3. The molecule has 0 unspecified atom stereocenters. The zero-order valence-electron chi connectivity index (χ0n) is 19.1. The van der Waals surface area contributed by atoms with Crippen molar-refractivity contribution in [1.82, 2.24) is 4.98 Å². The Balaban J connectivity index is 1.58. The van der Waals surface area contributed by atoms with Gasteiger partial charge in [0.2, 0.25) is 0 Å². The zero-order chi connectivity index (χ0) is 23.8. The van der Waals surface area contributed by atoms with Crippen LogP contribution >= 0.6 is 11.3 Å². The van der Waals surface area contributed by atoms with Crippen molar-refractivity contribution in [3.63, 3.8) is 0 Å². The summed E-state index contributed by atoms with van der Waals surface area (Å²) in [6, 6.07) is 25.0. The van der Waals surface area contributed by atoms with Crippen LogP contribution in [-0.2, 0) is 11.2 Å². The van der Waals surface area contributed by atoms with Crippen molar-refractivity contribution in [1.29, 1.82) is 0 Å². The van der Waals surface area contributed by atoms with Gasteiger partial charge in [-0.1, -0.05) is 48.5 Å². The lowest BCUT2D eigenvalue weighted by molar-refractivity contribution is -0.120. The number of anilines is 1. The summed E-state index contributed by atoms with van der Waals surface area (Å²) in [7, 11) is 3.24. The number of carbonyl (C=O) groups is 1. The number of ether oxygens (including phenoxy) is 3. The van der Waals surface area contributed by atoms with E-state index in [1.807, 2.05) is 72.1 Å². The van der Waals surface area contributed by atoms with Gasteiger partial charge in [-0.3, -0.25) is 9.69 Å². The number of methoxy groups -OCH3 is 2. The number of rotatable bonds is 10. The maximum atomic E-state index is 13.2. The fourth-order valence-corrected chi connectivity index (χ4v) is 4.35. The zero-order valence-corrected chi connectivity index (χ0v) is 20.0. The van der Waals surface area contributed by atoms with Crippen LogP contribution in [0.2, 0.25) is 0 Å². The summed E-state index contributed by atoms with van der Waals surface area (Å²) in [6.45, 7) is 0.416. The van der Waals surface area contributed by atoms with Gasteiger partial charge >= 0.3 is 0 Å². The average Bonchev–Trinajstić information content (AvgIpc) is 3.38. The van der Waals surface area contributed by atoms with Gasteiger partial charge in [0.05, 0.1) is 19.9 Å². The lowest BCUT2D eigenvalue weighted by Gasteiger charge is -2.20. The summed E-state index contributed by atoms with van der Waals surface area (Å²) >= 11 is 1.41. The molecule has 0 N–H and O–H groups in total.